The van der Waals surface area contributed by atoms with Crippen molar-refractivity contribution in [1.82, 2.24) is 0 Å². The van der Waals surface area contributed by atoms with Gasteiger partial charge >= 0.3 is 12.1 Å². The fourth-order valence-electron chi connectivity index (χ4n) is 1.87. The second-order valence-corrected chi connectivity index (χ2v) is 4.76. The van der Waals surface area contributed by atoms with Crippen LogP contribution in [-0.2, 0) is 11.0 Å². The number of alkyl halides is 3. The summed E-state index contributed by atoms with van der Waals surface area (Å²) in [5.41, 5.74) is 0.134. The molecule has 0 bridgehead atoms. The fourth-order valence-corrected chi connectivity index (χ4v) is 1.87. The quantitative estimate of drug-likeness (QED) is 0.664. The highest BCUT2D eigenvalue weighted by atomic mass is 19.4. The van der Waals surface area contributed by atoms with Crippen LogP contribution in [0, 0.1) is 0 Å². The molecule has 0 spiro atoms. The molecule has 3 nitrogen and oxygen atoms in total. The van der Waals surface area contributed by atoms with Crippen molar-refractivity contribution in [2.45, 2.75) is 13.1 Å². The van der Waals surface area contributed by atoms with Crippen LogP contribution < -0.4 is 4.90 Å². The summed E-state index contributed by atoms with van der Waals surface area (Å²) in [6.07, 6.45) is -2.60. The zero-order valence-electron chi connectivity index (χ0n) is 11.7. The van der Waals surface area contributed by atoms with Crippen molar-refractivity contribution in [3.8, 4) is 0 Å². The minimum absolute atomic E-state index is 0.0259. The summed E-state index contributed by atoms with van der Waals surface area (Å²) < 4.78 is 39.4. The Balaban J connectivity index is 3.26. The fraction of sp³-hybridized carbons (Fsp3) is 0.267. The number of rotatable bonds is 5. The molecule has 1 aromatic rings. The summed E-state index contributed by atoms with van der Waals surface area (Å²) in [4.78, 5) is 11.9. The van der Waals surface area contributed by atoms with Crippen molar-refractivity contribution in [2.75, 3.05) is 18.5 Å². The van der Waals surface area contributed by atoms with Gasteiger partial charge in [0, 0.05) is 25.4 Å². The Morgan fingerprint density at radius 1 is 1.43 bits per heavy atom. The lowest BCUT2D eigenvalue weighted by molar-refractivity contribution is -0.137. The van der Waals surface area contributed by atoms with Crippen LogP contribution >= 0.6 is 0 Å². The molecule has 1 N–H and O–H groups in total. The van der Waals surface area contributed by atoms with Crippen molar-refractivity contribution in [3.05, 3.63) is 47.6 Å². The SMILES string of the molecule is C=C(C)CN(C)c1ccc(/C=C/C(=O)O)cc1C(F)(F)F. The molecule has 21 heavy (non-hydrogen) atoms. The summed E-state index contributed by atoms with van der Waals surface area (Å²) in [7, 11) is 1.55. The molecular formula is C15H16F3NO2. The van der Waals surface area contributed by atoms with Crippen molar-refractivity contribution < 1.29 is 23.1 Å². The van der Waals surface area contributed by atoms with Gasteiger partial charge in [-0.25, -0.2) is 4.79 Å². The van der Waals surface area contributed by atoms with E-state index in [-0.39, 0.29) is 11.3 Å². The molecule has 0 saturated carbocycles. The smallest absolute Gasteiger partial charge is 0.418 e. The summed E-state index contributed by atoms with van der Waals surface area (Å²) >= 11 is 0. The number of carbonyl (C=O) groups is 1. The average Bonchev–Trinajstić information content (AvgIpc) is 2.34. The van der Waals surface area contributed by atoms with E-state index in [0.717, 1.165) is 23.8 Å². The zero-order valence-corrected chi connectivity index (χ0v) is 11.7. The normalized spacial score (nSPS) is 11.7. The van der Waals surface area contributed by atoms with Crippen LogP contribution in [0.2, 0.25) is 0 Å². The van der Waals surface area contributed by atoms with Crippen LogP contribution in [-0.4, -0.2) is 24.7 Å². The van der Waals surface area contributed by atoms with Gasteiger partial charge in [-0.1, -0.05) is 18.2 Å². The largest absolute Gasteiger partial charge is 0.478 e. The Labute approximate surface area is 121 Å². The zero-order chi connectivity index (χ0) is 16.2. The van der Waals surface area contributed by atoms with Gasteiger partial charge < -0.3 is 10.0 Å². The third kappa shape index (κ3) is 4.98. The van der Waals surface area contributed by atoms with Gasteiger partial charge in [0.2, 0.25) is 0 Å². The lowest BCUT2D eigenvalue weighted by Crippen LogP contribution is -2.23. The first-order valence-electron chi connectivity index (χ1n) is 6.09. The van der Waals surface area contributed by atoms with E-state index in [0.29, 0.717) is 6.54 Å². The molecule has 114 valence electrons. The van der Waals surface area contributed by atoms with Crippen LogP contribution in [0.3, 0.4) is 0 Å². The number of nitrogens with zero attached hydrogens (tertiary/aromatic N) is 1. The van der Waals surface area contributed by atoms with E-state index in [2.05, 4.69) is 6.58 Å². The molecule has 0 aromatic heterocycles. The minimum Gasteiger partial charge on any atom is -0.478 e. The number of aliphatic carboxylic acids is 1. The van der Waals surface area contributed by atoms with Gasteiger partial charge in [0.15, 0.2) is 0 Å². The third-order valence-corrected chi connectivity index (χ3v) is 2.66. The van der Waals surface area contributed by atoms with Gasteiger partial charge in [0.05, 0.1) is 5.56 Å². The minimum atomic E-state index is -4.52. The van der Waals surface area contributed by atoms with E-state index >= 15 is 0 Å². The molecule has 6 heteroatoms. The highest BCUT2D eigenvalue weighted by molar-refractivity contribution is 5.85. The summed E-state index contributed by atoms with van der Waals surface area (Å²) in [5.74, 6) is -1.22. The molecule has 0 heterocycles. The second kappa shape index (κ2) is 6.47. The Morgan fingerprint density at radius 3 is 2.52 bits per heavy atom. The molecular weight excluding hydrogens is 283 g/mol. The number of carboxylic acids is 1. The number of hydrogen-bond acceptors (Lipinski definition) is 2. The molecule has 0 aliphatic rings. The lowest BCUT2D eigenvalue weighted by atomic mass is 10.1. The first-order chi connectivity index (χ1) is 9.61. The van der Waals surface area contributed by atoms with Crippen LogP contribution in [0.1, 0.15) is 18.1 Å². The van der Waals surface area contributed by atoms with E-state index in [1.807, 2.05) is 0 Å². The van der Waals surface area contributed by atoms with E-state index in [1.54, 1.807) is 14.0 Å². The number of benzene rings is 1. The van der Waals surface area contributed by atoms with E-state index in [4.69, 9.17) is 5.11 Å². The molecule has 1 aromatic carbocycles. The lowest BCUT2D eigenvalue weighted by Gasteiger charge is -2.24. The molecule has 0 atom stereocenters. The molecule has 0 unspecified atom stereocenters. The standard InChI is InChI=1S/C15H16F3NO2/c1-10(2)9-19(3)13-6-4-11(5-7-14(20)21)8-12(13)15(16,17)18/h4-8H,1,9H2,2-3H3,(H,20,21)/b7-5+. The Bertz CT molecular complexity index is 577. The third-order valence-electron chi connectivity index (χ3n) is 2.66. The van der Waals surface area contributed by atoms with Gasteiger partial charge in [-0.05, 0) is 30.7 Å². The molecule has 0 aliphatic heterocycles. The van der Waals surface area contributed by atoms with E-state index in [9.17, 15) is 18.0 Å². The number of hydrogen-bond donors (Lipinski definition) is 1. The van der Waals surface area contributed by atoms with Crippen molar-refractivity contribution >= 4 is 17.7 Å². The Kier molecular flexibility index (Phi) is 5.18. The Hall–Kier alpha value is -2.24. The summed E-state index contributed by atoms with van der Waals surface area (Å²) in [5, 5.41) is 8.52. The predicted octanol–water partition coefficient (Wildman–Crippen LogP) is 3.82. The number of halogens is 3. The first kappa shape index (κ1) is 16.8. The highest BCUT2D eigenvalue weighted by Crippen LogP contribution is 2.37. The monoisotopic (exact) mass is 299 g/mol. The van der Waals surface area contributed by atoms with Gasteiger partial charge in [-0.3, -0.25) is 0 Å². The summed E-state index contributed by atoms with van der Waals surface area (Å²) in [6, 6.07) is 3.70. The van der Waals surface area contributed by atoms with Gasteiger partial charge in [-0.2, -0.15) is 13.2 Å². The number of anilines is 1. The maximum atomic E-state index is 13.1. The van der Waals surface area contributed by atoms with Crippen LogP contribution in [0.4, 0.5) is 18.9 Å². The van der Waals surface area contributed by atoms with Crippen molar-refractivity contribution in [1.29, 1.82) is 0 Å². The van der Waals surface area contributed by atoms with E-state index in [1.165, 1.54) is 17.0 Å². The van der Waals surface area contributed by atoms with E-state index < -0.39 is 17.7 Å². The predicted molar refractivity (Wildman–Crippen MR) is 76.2 cm³/mol. The maximum Gasteiger partial charge on any atom is 0.418 e. The molecule has 0 saturated heterocycles. The molecule has 0 radical (unpaired) electrons. The number of carboxylic acid groups (broad SMARTS) is 1. The molecule has 0 fully saturated rings. The summed E-state index contributed by atoms with van der Waals surface area (Å²) in [6.45, 7) is 5.71. The molecule has 0 amide bonds. The van der Waals surface area contributed by atoms with Crippen LogP contribution in [0.15, 0.2) is 36.4 Å². The van der Waals surface area contributed by atoms with Gasteiger partial charge in [0.25, 0.3) is 0 Å². The van der Waals surface area contributed by atoms with Crippen molar-refractivity contribution in [2.24, 2.45) is 0 Å². The average molecular weight is 299 g/mol. The molecule has 0 aliphatic carbocycles. The van der Waals surface area contributed by atoms with Crippen molar-refractivity contribution in [3.63, 3.8) is 0 Å². The van der Waals surface area contributed by atoms with Crippen LogP contribution in [0.5, 0.6) is 0 Å². The second-order valence-electron chi connectivity index (χ2n) is 4.76. The number of likely N-dealkylation sites (N-methyl/N-ethyl adjacent to an activating group) is 1. The topological polar surface area (TPSA) is 40.5 Å². The maximum absolute atomic E-state index is 13.1. The van der Waals surface area contributed by atoms with Gasteiger partial charge in [-0.15, -0.1) is 0 Å². The van der Waals surface area contributed by atoms with Crippen LogP contribution in [0.25, 0.3) is 6.08 Å². The highest BCUT2D eigenvalue weighted by Gasteiger charge is 2.34. The Morgan fingerprint density at radius 2 is 2.05 bits per heavy atom. The first-order valence-corrected chi connectivity index (χ1v) is 6.09. The molecule has 1 rings (SSSR count). The van der Waals surface area contributed by atoms with Gasteiger partial charge in [0.1, 0.15) is 0 Å².